The molecule has 0 saturated carbocycles. The minimum atomic E-state index is -0.808. The molecule has 2 aromatic rings. The van der Waals surface area contributed by atoms with Crippen LogP contribution >= 0.6 is 0 Å². The summed E-state index contributed by atoms with van der Waals surface area (Å²) in [7, 11) is 0. The second kappa shape index (κ2) is 10.6. The first-order valence-corrected chi connectivity index (χ1v) is 9.65. The van der Waals surface area contributed by atoms with Crippen molar-refractivity contribution in [3.05, 3.63) is 65.7 Å². The number of amides is 1. The van der Waals surface area contributed by atoms with E-state index in [0.717, 1.165) is 23.2 Å². The van der Waals surface area contributed by atoms with E-state index < -0.39 is 12.1 Å². The van der Waals surface area contributed by atoms with Crippen molar-refractivity contribution in [1.82, 2.24) is 0 Å². The Morgan fingerprint density at radius 2 is 1.82 bits per heavy atom. The molecule has 0 heterocycles. The number of benzene rings is 2. The Kier molecular flexibility index (Phi) is 8.20. The zero-order valence-electron chi connectivity index (χ0n) is 16.7. The molecule has 28 heavy (non-hydrogen) atoms. The first-order chi connectivity index (χ1) is 13.4. The molecule has 2 aromatic carbocycles. The fraction of sp³-hybridized carbons (Fsp3) is 0.391. The summed E-state index contributed by atoms with van der Waals surface area (Å²) in [4.78, 5) is 23.4. The van der Waals surface area contributed by atoms with Gasteiger partial charge < -0.3 is 15.2 Å². The summed E-state index contributed by atoms with van der Waals surface area (Å²) in [6.07, 6.45) is -0.0471. The monoisotopic (exact) mass is 383 g/mol. The van der Waals surface area contributed by atoms with Crippen molar-refractivity contribution in [2.45, 2.75) is 52.2 Å². The lowest BCUT2D eigenvalue weighted by Crippen LogP contribution is -2.27. The van der Waals surface area contributed by atoms with Crippen LogP contribution in [0, 0.1) is 5.92 Å². The topological polar surface area (TPSA) is 75.6 Å². The van der Waals surface area contributed by atoms with Gasteiger partial charge >= 0.3 is 5.97 Å². The third kappa shape index (κ3) is 6.50. The van der Waals surface area contributed by atoms with Crippen molar-refractivity contribution in [2.75, 3.05) is 5.32 Å². The van der Waals surface area contributed by atoms with Crippen LogP contribution in [0.1, 0.15) is 50.7 Å². The first kappa shape index (κ1) is 21.6. The average molecular weight is 383 g/mol. The van der Waals surface area contributed by atoms with Crippen molar-refractivity contribution in [1.29, 1.82) is 0 Å². The van der Waals surface area contributed by atoms with Crippen LogP contribution in [0.25, 0.3) is 0 Å². The lowest BCUT2D eigenvalue weighted by atomic mass is 9.81. The molecule has 5 nitrogen and oxygen atoms in total. The summed E-state index contributed by atoms with van der Waals surface area (Å²) in [5.41, 5.74) is 2.67. The molecule has 3 unspecified atom stereocenters. The second-order valence-corrected chi connectivity index (χ2v) is 7.10. The Morgan fingerprint density at radius 3 is 2.46 bits per heavy atom. The van der Waals surface area contributed by atoms with E-state index in [1.165, 1.54) is 6.92 Å². The van der Waals surface area contributed by atoms with Crippen LogP contribution in [0.5, 0.6) is 0 Å². The van der Waals surface area contributed by atoms with E-state index in [4.69, 9.17) is 4.74 Å². The Labute approximate surface area is 166 Å². The summed E-state index contributed by atoms with van der Waals surface area (Å²) in [5.74, 6) is -0.614. The molecule has 0 aliphatic heterocycles. The minimum absolute atomic E-state index is 0.0457. The van der Waals surface area contributed by atoms with Crippen LogP contribution in [-0.2, 0) is 20.9 Å². The first-order valence-electron chi connectivity index (χ1n) is 9.65. The molecule has 5 heteroatoms. The predicted molar refractivity (Wildman–Crippen MR) is 110 cm³/mol. The largest absolute Gasteiger partial charge is 0.461 e. The quantitative estimate of drug-likeness (QED) is 0.634. The molecule has 0 spiro atoms. The zero-order chi connectivity index (χ0) is 20.5. The molecule has 0 fully saturated rings. The van der Waals surface area contributed by atoms with Crippen LogP contribution in [0.15, 0.2) is 54.6 Å². The number of ether oxygens (including phenoxy) is 1. The molecular weight excluding hydrogens is 354 g/mol. The maximum atomic E-state index is 12.1. The van der Waals surface area contributed by atoms with E-state index in [0.29, 0.717) is 0 Å². The molecular formula is C23H29NO4. The zero-order valence-corrected chi connectivity index (χ0v) is 16.7. The number of aliphatic hydroxyl groups excluding tert-OH is 1. The molecule has 2 rings (SSSR count). The predicted octanol–water partition coefficient (Wildman–Crippen LogP) is 4.27. The van der Waals surface area contributed by atoms with Gasteiger partial charge in [0.15, 0.2) is 0 Å². The Hall–Kier alpha value is -2.66. The highest BCUT2D eigenvalue weighted by Gasteiger charge is 2.27. The van der Waals surface area contributed by atoms with Gasteiger partial charge in [0, 0.05) is 12.6 Å². The molecule has 150 valence electrons. The number of esters is 1. The molecule has 0 bridgehead atoms. The summed E-state index contributed by atoms with van der Waals surface area (Å²) >= 11 is 0. The Bertz CT molecular complexity index is 775. The van der Waals surface area contributed by atoms with Crippen LogP contribution in [-0.4, -0.2) is 23.1 Å². The van der Waals surface area contributed by atoms with Crippen molar-refractivity contribution < 1.29 is 19.4 Å². The maximum absolute atomic E-state index is 12.1. The lowest BCUT2D eigenvalue weighted by molar-refractivity contribution is -0.148. The Morgan fingerprint density at radius 1 is 1.11 bits per heavy atom. The van der Waals surface area contributed by atoms with Gasteiger partial charge in [-0.1, -0.05) is 56.3 Å². The molecule has 0 aliphatic carbocycles. The van der Waals surface area contributed by atoms with Gasteiger partial charge in [0.25, 0.3) is 0 Å². The smallest absolute Gasteiger partial charge is 0.308 e. The molecule has 2 N–H and O–H groups in total. The van der Waals surface area contributed by atoms with Gasteiger partial charge in [0.05, 0.1) is 12.5 Å². The maximum Gasteiger partial charge on any atom is 0.308 e. The number of aliphatic hydroxyl groups is 1. The summed E-state index contributed by atoms with van der Waals surface area (Å²) in [5, 5.41) is 13.4. The minimum Gasteiger partial charge on any atom is -0.461 e. The van der Waals surface area contributed by atoms with E-state index in [9.17, 15) is 14.7 Å². The van der Waals surface area contributed by atoms with Crippen LogP contribution < -0.4 is 5.32 Å². The molecule has 1 amide bonds. The van der Waals surface area contributed by atoms with E-state index in [1.807, 2.05) is 68.4 Å². The standard InChI is InChI=1S/C23H29NO4/c1-4-21(19-11-8-12-20(13-19)24-17(3)25)16(2)22(26)14-23(27)28-15-18-9-6-5-7-10-18/h5-13,16,21-22,26H,4,14-15H2,1-3H3,(H,24,25). The highest BCUT2D eigenvalue weighted by atomic mass is 16.5. The summed E-state index contributed by atoms with van der Waals surface area (Å²) in [6.45, 7) is 5.66. The molecule has 0 aliphatic rings. The number of carbonyl (C=O) groups excluding carboxylic acids is 2. The number of carbonyl (C=O) groups is 2. The van der Waals surface area contributed by atoms with Crippen LogP contribution in [0.2, 0.25) is 0 Å². The summed E-state index contributed by atoms with van der Waals surface area (Å²) < 4.78 is 5.28. The Balaban J connectivity index is 1.96. The normalized spacial score (nSPS) is 14.0. The lowest BCUT2D eigenvalue weighted by Gasteiger charge is -2.27. The van der Waals surface area contributed by atoms with Gasteiger partial charge in [-0.25, -0.2) is 0 Å². The van der Waals surface area contributed by atoms with Crippen LogP contribution in [0.3, 0.4) is 0 Å². The van der Waals surface area contributed by atoms with Crippen LogP contribution in [0.4, 0.5) is 5.69 Å². The number of nitrogens with one attached hydrogen (secondary N) is 1. The van der Waals surface area contributed by atoms with Gasteiger partial charge in [0.2, 0.25) is 5.91 Å². The highest BCUT2D eigenvalue weighted by molar-refractivity contribution is 5.88. The van der Waals surface area contributed by atoms with Crippen molar-refractivity contribution >= 4 is 17.6 Å². The van der Waals surface area contributed by atoms with Gasteiger partial charge in [-0.05, 0) is 41.5 Å². The van der Waals surface area contributed by atoms with Gasteiger partial charge in [0.1, 0.15) is 6.61 Å². The third-order valence-electron chi connectivity index (χ3n) is 4.94. The fourth-order valence-corrected chi connectivity index (χ4v) is 3.38. The van der Waals surface area contributed by atoms with E-state index in [2.05, 4.69) is 5.32 Å². The van der Waals surface area contributed by atoms with Gasteiger partial charge in [-0.15, -0.1) is 0 Å². The molecule has 0 aromatic heterocycles. The number of hydrogen-bond acceptors (Lipinski definition) is 4. The summed E-state index contributed by atoms with van der Waals surface area (Å²) in [6, 6.07) is 17.1. The van der Waals surface area contributed by atoms with Crippen molar-refractivity contribution in [2.24, 2.45) is 5.92 Å². The van der Waals surface area contributed by atoms with E-state index in [-0.39, 0.29) is 30.8 Å². The SMILES string of the molecule is CCC(c1cccc(NC(C)=O)c1)C(C)C(O)CC(=O)OCc1ccccc1. The van der Waals surface area contributed by atoms with Gasteiger partial charge in [-0.3, -0.25) is 9.59 Å². The van der Waals surface area contributed by atoms with E-state index in [1.54, 1.807) is 0 Å². The van der Waals surface area contributed by atoms with Crippen molar-refractivity contribution in [3.8, 4) is 0 Å². The number of anilines is 1. The molecule has 0 saturated heterocycles. The average Bonchev–Trinajstić information content (AvgIpc) is 2.67. The van der Waals surface area contributed by atoms with E-state index >= 15 is 0 Å². The number of hydrogen-bond donors (Lipinski definition) is 2. The van der Waals surface area contributed by atoms with Gasteiger partial charge in [-0.2, -0.15) is 0 Å². The second-order valence-electron chi connectivity index (χ2n) is 7.10. The number of rotatable bonds is 9. The van der Waals surface area contributed by atoms with Crippen molar-refractivity contribution in [3.63, 3.8) is 0 Å². The molecule has 3 atom stereocenters. The third-order valence-corrected chi connectivity index (χ3v) is 4.94. The molecule has 0 radical (unpaired) electrons. The highest BCUT2D eigenvalue weighted by Crippen LogP contribution is 2.32. The fourth-order valence-electron chi connectivity index (χ4n) is 3.38.